The Morgan fingerprint density at radius 1 is 1.36 bits per heavy atom. The second kappa shape index (κ2) is 7.30. The van der Waals surface area contributed by atoms with Gasteiger partial charge in [0.25, 0.3) is 5.56 Å². The summed E-state index contributed by atoms with van der Waals surface area (Å²) < 4.78 is 15.0. The number of thiazole rings is 1. The van der Waals surface area contributed by atoms with Crippen LogP contribution in [0.2, 0.25) is 0 Å². The van der Waals surface area contributed by atoms with Gasteiger partial charge in [-0.15, -0.1) is 11.3 Å². The minimum absolute atomic E-state index is 0.192. The largest absolute Gasteiger partial charge is 0.461 e. The predicted octanol–water partition coefficient (Wildman–Crippen LogP) is 1.97. The van der Waals surface area contributed by atoms with Crippen molar-refractivity contribution in [2.75, 3.05) is 20.8 Å². The van der Waals surface area contributed by atoms with Gasteiger partial charge in [-0.2, -0.15) is 0 Å². The molecule has 0 radical (unpaired) electrons. The Hall–Kier alpha value is -2.03. The van der Waals surface area contributed by atoms with E-state index < -0.39 is 12.3 Å². The molecule has 0 aromatic carbocycles. The van der Waals surface area contributed by atoms with E-state index in [0.29, 0.717) is 16.3 Å². The Morgan fingerprint density at radius 3 is 2.68 bits per heavy atom. The lowest BCUT2D eigenvalue weighted by molar-refractivity contribution is -0.108. The van der Waals surface area contributed by atoms with Crippen LogP contribution in [0.3, 0.4) is 0 Å². The van der Waals surface area contributed by atoms with Gasteiger partial charge in [0.2, 0.25) is 0 Å². The molecule has 0 spiro atoms. The summed E-state index contributed by atoms with van der Waals surface area (Å²) in [4.78, 5) is 30.6. The molecule has 22 heavy (non-hydrogen) atoms. The molecule has 0 saturated carbocycles. The number of esters is 1. The third-order valence-electron chi connectivity index (χ3n) is 2.83. The van der Waals surface area contributed by atoms with Crippen LogP contribution >= 0.6 is 11.3 Å². The quantitative estimate of drug-likeness (QED) is 0.645. The highest BCUT2D eigenvalue weighted by Gasteiger charge is 2.16. The van der Waals surface area contributed by atoms with Crippen LogP contribution in [0.5, 0.6) is 0 Å². The van der Waals surface area contributed by atoms with Crippen LogP contribution < -0.4 is 5.56 Å². The number of nitrogens with zero attached hydrogens (tertiary/aromatic N) is 1. The average molecular weight is 324 g/mol. The number of carbonyl (C=O) groups excluding carboxylic acids is 1. The third-order valence-corrected chi connectivity index (χ3v) is 3.71. The first-order chi connectivity index (χ1) is 10.6. The maximum absolute atomic E-state index is 12.2. The molecule has 0 bridgehead atoms. The van der Waals surface area contributed by atoms with Gasteiger partial charge in [0.15, 0.2) is 12.0 Å². The van der Waals surface area contributed by atoms with Crippen molar-refractivity contribution in [3.8, 4) is 10.6 Å². The number of carbonyl (C=O) groups is 1. The third kappa shape index (κ3) is 3.41. The number of rotatable bonds is 6. The van der Waals surface area contributed by atoms with Crippen LogP contribution in [0.25, 0.3) is 10.6 Å². The molecule has 118 valence electrons. The molecule has 0 atom stereocenters. The van der Waals surface area contributed by atoms with E-state index in [4.69, 9.17) is 14.2 Å². The molecular formula is C14H16N2O5S. The Labute approximate surface area is 130 Å². The fourth-order valence-corrected chi connectivity index (χ4v) is 2.65. The Bertz CT molecular complexity index is 705. The summed E-state index contributed by atoms with van der Waals surface area (Å²) >= 11 is 1.20. The van der Waals surface area contributed by atoms with Crippen LogP contribution in [-0.2, 0) is 14.2 Å². The number of ether oxygens (including phenoxy) is 3. The van der Waals surface area contributed by atoms with E-state index in [9.17, 15) is 9.59 Å². The van der Waals surface area contributed by atoms with E-state index in [1.807, 2.05) is 0 Å². The average Bonchev–Trinajstić information content (AvgIpc) is 2.98. The molecule has 0 unspecified atom stereocenters. The summed E-state index contributed by atoms with van der Waals surface area (Å²) in [6, 6.07) is 3.30. The molecule has 2 aromatic rings. The fourth-order valence-electron chi connectivity index (χ4n) is 1.84. The molecule has 0 saturated heterocycles. The van der Waals surface area contributed by atoms with Gasteiger partial charge in [-0.05, 0) is 19.1 Å². The molecule has 0 aliphatic heterocycles. The zero-order valence-corrected chi connectivity index (χ0v) is 13.2. The van der Waals surface area contributed by atoms with Gasteiger partial charge in [-0.1, -0.05) is 0 Å². The minimum Gasteiger partial charge on any atom is -0.461 e. The number of hydrogen-bond donors (Lipinski definition) is 1. The molecule has 7 nitrogen and oxygen atoms in total. The lowest BCUT2D eigenvalue weighted by atomic mass is 10.2. The topological polar surface area (TPSA) is 90.5 Å². The highest BCUT2D eigenvalue weighted by atomic mass is 32.1. The van der Waals surface area contributed by atoms with Gasteiger partial charge < -0.3 is 19.2 Å². The summed E-state index contributed by atoms with van der Waals surface area (Å²) in [6.07, 6.45) is -0.645. The lowest BCUT2D eigenvalue weighted by Crippen LogP contribution is -2.15. The van der Waals surface area contributed by atoms with E-state index in [1.165, 1.54) is 25.6 Å². The molecule has 2 aromatic heterocycles. The van der Waals surface area contributed by atoms with Gasteiger partial charge >= 0.3 is 5.97 Å². The predicted molar refractivity (Wildman–Crippen MR) is 80.9 cm³/mol. The number of hydrogen-bond acceptors (Lipinski definition) is 7. The SMILES string of the molecule is CCOC(=O)c1csc(-c2ccc(C(OC)OC)[nH]c2=O)n1. The molecule has 0 aliphatic carbocycles. The van der Waals surface area contributed by atoms with Crippen molar-refractivity contribution in [2.24, 2.45) is 0 Å². The molecule has 8 heteroatoms. The van der Waals surface area contributed by atoms with E-state index in [1.54, 1.807) is 24.4 Å². The van der Waals surface area contributed by atoms with Crippen LogP contribution in [0, 0.1) is 0 Å². The standard InChI is InChI=1S/C14H16N2O5S/c1-4-21-13(18)10-7-22-12(16-10)8-5-6-9(15-11(8)17)14(19-2)20-3/h5-7,14H,4H2,1-3H3,(H,15,17). The maximum atomic E-state index is 12.2. The lowest BCUT2D eigenvalue weighted by Gasteiger charge is -2.13. The fraction of sp³-hybridized carbons (Fsp3) is 0.357. The van der Waals surface area contributed by atoms with Crippen LogP contribution in [0.4, 0.5) is 0 Å². The summed E-state index contributed by atoms with van der Waals surface area (Å²) in [5.41, 5.74) is 0.731. The number of H-pyrrole nitrogens is 1. The molecule has 2 heterocycles. The minimum atomic E-state index is -0.645. The molecule has 0 aliphatic rings. The summed E-state index contributed by atoms with van der Waals surface area (Å²) in [7, 11) is 2.96. The summed E-state index contributed by atoms with van der Waals surface area (Å²) in [6.45, 7) is 1.99. The number of methoxy groups -OCH3 is 2. The first-order valence-corrected chi connectivity index (χ1v) is 7.40. The highest BCUT2D eigenvalue weighted by molar-refractivity contribution is 7.13. The van der Waals surface area contributed by atoms with Gasteiger partial charge in [0.05, 0.1) is 17.9 Å². The first-order valence-electron chi connectivity index (χ1n) is 6.52. The van der Waals surface area contributed by atoms with E-state index in [-0.39, 0.29) is 17.9 Å². The Kier molecular flexibility index (Phi) is 5.42. The van der Waals surface area contributed by atoms with Crippen LogP contribution in [0.1, 0.15) is 29.4 Å². The Morgan fingerprint density at radius 2 is 2.09 bits per heavy atom. The van der Waals surface area contributed by atoms with Crippen molar-refractivity contribution in [3.63, 3.8) is 0 Å². The van der Waals surface area contributed by atoms with E-state index in [2.05, 4.69) is 9.97 Å². The smallest absolute Gasteiger partial charge is 0.357 e. The molecule has 2 rings (SSSR count). The zero-order valence-electron chi connectivity index (χ0n) is 12.4. The van der Waals surface area contributed by atoms with Gasteiger partial charge in [0.1, 0.15) is 5.01 Å². The van der Waals surface area contributed by atoms with E-state index in [0.717, 1.165) is 0 Å². The number of nitrogens with one attached hydrogen (secondary N) is 1. The Balaban J connectivity index is 2.30. The number of pyridine rings is 1. The van der Waals surface area contributed by atoms with Crippen molar-refractivity contribution in [3.05, 3.63) is 39.3 Å². The normalized spacial score (nSPS) is 10.9. The molecule has 0 fully saturated rings. The molecule has 0 amide bonds. The maximum Gasteiger partial charge on any atom is 0.357 e. The van der Waals surface area contributed by atoms with Gasteiger partial charge in [0, 0.05) is 19.6 Å². The summed E-state index contributed by atoms with van der Waals surface area (Å²) in [5, 5.41) is 2.01. The van der Waals surface area contributed by atoms with Crippen molar-refractivity contribution in [2.45, 2.75) is 13.2 Å². The zero-order chi connectivity index (χ0) is 16.1. The second-order valence-electron chi connectivity index (χ2n) is 4.22. The number of aromatic amines is 1. The first kappa shape index (κ1) is 16.3. The molecular weight excluding hydrogens is 308 g/mol. The van der Waals surface area contributed by atoms with Crippen molar-refractivity contribution >= 4 is 17.3 Å². The van der Waals surface area contributed by atoms with Crippen LogP contribution in [-0.4, -0.2) is 36.8 Å². The van der Waals surface area contributed by atoms with Crippen molar-refractivity contribution in [1.82, 2.24) is 9.97 Å². The number of aromatic nitrogens is 2. The van der Waals surface area contributed by atoms with Gasteiger partial charge in [-0.3, -0.25) is 4.79 Å². The van der Waals surface area contributed by atoms with Crippen molar-refractivity contribution < 1.29 is 19.0 Å². The summed E-state index contributed by atoms with van der Waals surface area (Å²) in [5.74, 6) is -0.503. The van der Waals surface area contributed by atoms with E-state index >= 15 is 0 Å². The van der Waals surface area contributed by atoms with Crippen LogP contribution in [0.15, 0.2) is 22.3 Å². The highest BCUT2D eigenvalue weighted by Crippen LogP contribution is 2.22. The second-order valence-corrected chi connectivity index (χ2v) is 5.08. The molecule has 1 N–H and O–H groups in total. The monoisotopic (exact) mass is 324 g/mol. The van der Waals surface area contributed by atoms with Crippen molar-refractivity contribution in [1.29, 1.82) is 0 Å². The van der Waals surface area contributed by atoms with Gasteiger partial charge in [-0.25, -0.2) is 9.78 Å².